The fraction of sp³-hybridized carbons (Fsp3) is 0.438. The molecular formula is C16H19NO. The third kappa shape index (κ3) is 2.47. The molecule has 0 bridgehead atoms. The minimum Gasteiger partial charge on any atom is -0.352 e. The van der Waals surface area contributed by atoms with Crippen LogP contribution in [0, 0.1) is 17.2 Å². The Hall–Kier alpha value is -1.59. The molecule has 0 amide bonds. The summed E-state index contributed by atoms with van der Waals surface area (Å²) in [5, 5.41) is 9.24. The van der Waals surface area contributed by atoms with Crippen molar-refractivity contribution in [3.63, 3.8) is 0 Å². The first-order valence-electron chi connectivity index (χ1n) is 6.35. The van der Waals surface area contributed by atoms with Crippen molar-refractivity contribution in [3.8, 4) is 6.07 Å². The molecule has 1 fully saturated rings. The molecule has 0 saturated carbocycles. The highest BCUT2D eigenvalue weighted by Crippen LogP contribution is 2.43. The number of hydrogen-bond donors (Lipinski definition) is 0. The number of hydrogen-bond acceptors (Lipinski definition) is 2. The van der Waals surface area contributed by atoms with Crippen molar-refractivity contribution < 1.29 is 4.74 Å². The zero-order valence-corrected chi connectivity index (χ0v) is 11.0. The molecule has 2 rings (SSSR count). The lowest BCUT2D eigenvalue weighted by atomic mass is 9.80. The van der Waals surface area contributed by atoms with Crippen molar-refractivity contribution in [2.24, 2.45) is 5.92 Å². The molecule has 0 unspecified atom stereocenters. The van der Waals surface area contributed by atoms with Crippen LogP contribution in [-0.4, -0.2) is 5.60 Å². The normalized spacial score (nSPS) is 31.6. The second kappa shape index (κ2) is 4.96. The van der Waals surface area contributed by atoms with Gasteiger partial charge in [0.1, 0.15) is 0 Å². The molecule has 0 aliphatic carbocycles. The van der Waals surface area contributed by atoms with E-state index in [2.05, 4.69) is 24.8 Å². The third-order valence-electron chi connectivity index (χ3n) is 3.68. The molecule has 1 aromatic rings. The first kappa shape index (κ1) is 12.9. The molecule has 3 atom stereocenters. The standard InChI is InChI=1S/C16H19NO/c1-12(2)14-9-10-16(3,11-17)18-15(14)13-7-5-4-6-8-13/h4-8,14-15H,1,9-10H2,2-3H3/t14-,15+,16-/m0/s1. The van der Waals surface area contributed by atoms with Gasteiger partial charge in [-0.15, -0.1) is 0 Å². The lowest BCUT2D eigenvalue weighted by Gasteiger charge is -2.40. The molecule has 2 nitrogen and oxygen atoms in total. The fourth-order valence-corrected chi connectivity index (χ4v) is 2.53. The highest BCUT2D eigenvalue weighted by molar-refractivity contribution is 5.23. The third-order valence-corrected chi connectivity index (χ3v) is 3.68. The summed E-state index contributed by atoms with van der Waals surface area (Å²) in [6.45, 7) is 7.98. The van der Waals surface area contributed by atoms with E-state index in [1.807, 2.05) is 32.0 Å². The van der Waals surface area contributed by atoms with Crippen LogP contribution in [0.3, 0.4) is 0 Å². The number of benzene rings is 1. The predicted molar refractivity (Wildman–Crippen MR) is 71.8 cm³/mol. The van der Waals surface area contributed by atoms with Crippen LogP contribution < -0.4 is 0 Å². The lowest BCUT2D eigenvalue weighted by molar-refractivity contribution is -0.108. The maximum Gasteiger partial charge on any atom is 0.152 e. The van der Waals surface area contributed by atoms with Crippen molar-refractivity contribution in [1.29, 1.82) is 5.26 Å². The van der Waals surface area contributed by atoms with E-state index in [-0.39, 0.29) is 6.10 Å². The fourth-order valence-electron chi connectivity index (χ4n) is 2.53. The van der Waals surface area contributed by atoms with Crippen molar-refractivity contribution in [2.75, 3.05) is 0 Å². The molecule has 1 aliphatic rings. The van der Waals surface area contributed by atoms with Gasteiger partial charge in [0.25, 0.3) is 0 Å². The number of nitrogens with zero attached hydrogens (tertiary/aromatic N) is 1. The van der Waals surface area contributed by atoms with Gasteiger partial charge in [-0.1, -0.05) is 42.5 Å². The second-order valence-corrected chi connectivity index (χ2v) is 5.28. The van der Waals surface area contributed by atoms with E-state index in [0.29, 0.717) is 5.92 Å². The Bertz CT molecular complexity index is 474. The molecule has 1 heterocycles. The molecule has 0 N–H and O–H groups in total. The van der Waals surface area contributed by atoms with Gasteiger partial charge in [-0.2, -0.15) is 5.26 Å². The Morgan fingerprint density at radius 2 is 2.11 bits per heavy atom. The smallest absolute Gasteiger partial charge is 0.152 e. The van der Waals surface area contributed by atoms with Crippen LogP contribution in [0.15, 0.2) is 42.5 Å². The highest BCUT2D eigenvalue weighted by atomic mass is 16.5. The van der Waals surface area contributed by atoms with Gasteiger partial charge in [-0.25, -0.2) is 0 Å². The van der Waals surface area contributed by atoms with Crippen LogP contribution in [0.5, 0.6) is 0 Å². The Balaban J connectivity index is 2.32. The number of rotatable bonds is 2. The molecule has 0 aromatic heterocycles. The topological polar surface area (TPSA) is 33.0 Å². The molecule has 1 aliphatic heterocycles. The van der Waals surface area contributed by atoms with Crippen LogP contribution in [-0.2, 0) is 4.74 Å². The van der Waals surface area contributed by atoms with Crippen LogP contribution in [0.2, 0.25) is 0 Å². The van der Waals surface area contributed by atoms with Gasteiger partial charge in [0.15, 0.2) is 5.60 Å². The van der Waals surface area contributed by atoms with Gasteiger partial charge in [-0.05, 0) is 32.3 Å². The molecule has 0 spiro atoms. The van der Waals surface area contributed by atoms with Crippen LogP contribution in [0.1, 0.15) is 38.4 Å². The molecule has 0 radical (unpaired) electrons. The van der Waals surface area contributed by atoms with Gasteiger partial charge in [0, 0.05) is 5.92 Å². The quantitative estimate of drug-likeness (QED) is 0.733. The second-order valence-electron chi connectivity index (χ2n) is 5.28. The van der Waals surface area contributed by atoms with Crippen molar-refractivity contribution >= 4 is 0 Å². The Morgan fingerprint density at radius 3 is 2.67 bits per heavy atom. The number of ether oxygens (including phenoxy) is 1. The monoisotopic (exact) mass is 241 g/mol. The summed E-state index contributed by atoms with van der Waals surface area (Å²) in [5.41, 5.74) is 1.59. The van der Waals surface area contributed by atoms with Gasteiger partial charge in [0.2, 0.25) is 0 Å². The summed E-state index contributed by atoms with van der Waals surface area (Å²) in [4.78, 5) is 0. The van der Waals surface area contributed by atoms with Crippen molar-refractivity contribution in [3.05, 3.63) is 48.0 Å². The van der Waals surface area contributed by atoms with Crippen LogP contribution in [0.4, 0.5) is 0 Å². The Morgan fingerprint density at radius 1 is 1.44 bits per heavy atom. The predicted octanol–water partition coefficient (Wildman–Crippen LogP) is 4.01. The average Bonchev–Trinajstić information content (AvgIpc) is 2.39. The largest absolute Gasteiger partial charge is 0.352 e. The van der Waals surface area contributed by atoms with Gasteiger partial charge in [0.05, 0.1) is 12.2 Å². The van der Waals surface area contributed by atoms with Crippen LogP contribution >= 0.6 is 0 Å². The summed E-state index contributed by atoms with van der Waals surface area (Å²) >= 11 is 0. The van der Waals surface area contributed by atoms with E-state index in [1.165, 1.54) is 0 Å². The summed E-state index contributed by atoms with van der Waals surface area (Å²) < 4.78 is 6.06. The van der Waals surface area contributed by atoms with Crippen LogP contribution in [0.25, 0.3) is 0 Å². The highest BCUT2D eigenvalue weighted by Gasteiger charge is 2.39. The maximum absolute atomic E-state index is 9.24. The summed E-state index contributed by atoms with van der Waals surface area (Å²) in [6.07, 6.45) is 1.67. The Kier molecular flexibility index (Phi) is 3.54. The van der Waals surface area contributed by atoms with E-state index < -0.39 is 5.60 Å². The first-order chi connectivity index (χ1) is 8.56. The number of nitriles is 1. The molecule has 1 aromatic carbocycles. The SMILES string of the molecule is C=C(C)[C@@H]1CC[C@@](C)(C#N)O[C@@H]1c1ccccc1. The Labute approximate surface area is 109 Å². The van der Waals surface area contributed by atoms with Crippen molar-refractivity contribution in [2.45, 2.75) is 38.4 Å². The van der Waals surface area contributed by atoms with Gasteiger partial charge >= 0.3 is 0 Å². The molecular weight excluding hydrogens is 222 g/mol. The van der Waals surface area contributed by atoms with Gasteiger partial charge in [-0.3, -0.25) is 0 Å². The first-order valence-corrected chi connectivity index (χ1v) is 6.35. The zero-order valence-electron chi connectivity index (χ0n) is 11.0. The summed E-state index contributed by atoms with van der Waals surface area (Å²) in [6, 6.07) is 12.4. The molecule has 2 heteroatoms. The lowest BCUT2D eigenvalue weighted by Crippen LogP contribution is -2.37. The summed E-state index contributed by atoms with van der Waals surface area (Å²) in [5.74, 6) is 0.300. The minimum atomic E-state index is -0.674. The van der Waals surface area contributed by atoms with Gasteiger partial charge < -0.3 is 4.74 Å². The minimum absolute atomic E-state index is 0.0536. The molecule has 94 valence electrons. The van der Waals surface area contributed by atoms with E-state index in [1.54, 1.807) is 0 Å². The van der Waals surface area contributed by atoms with Crippen molar-refractivity contribution in [1.82, 2.24) is 0 Å². The average molecular weight is 241 g/mol. The van der Waals surface area contributed by atoms with E-state index >= 15 is 0 Å². The maximum atomic E-state index is 9.24. The van der Waals surface area contributed by atoms with E-state index in [0.717, 1.165) is 24.0 Å². The molecule has 18 heavy (non-hydrogen) atoms. The zero-order chi connectivity index (χ0) is 13.2. The molecule has 1 saturated heterocycles. The summed E-state index contributed by atoms with van der Waals surface area (Å²) in [7, 11) is 0. The van der Waals surface area contributed by atoms with E-state index in [9.17, 15) is 5.26 Å². The van der Waals surface area contributed by atoms with E-state index in [4.69, 9.17) is 4.74 Å².